The number of pyridine rings is 1. The SMILES string of the molecule is O=C(O)c1ccccc1-c1nc(-c2ccc(F)cc2)c(-c2ccncc2)[nH]1. The molecule has 6 heteroatoms. The van der Waals surface area contributed by atoms with Crippen molar-refractivity contribution in [3.63, 3.8) is 0 Å². The summed E-state index contributed by atoms with van der Waals surface area (Å²) in [5, 5.41) is 9.48. The highest BCUT2D eigenvalue weighted by atomic mass is 19.1. The van der Waals surface area contributed by atoms with Gasteiger partial charge >= 0.3 is 5.97 Å². The lowest BCUT2D eigenvalue weighted by atomic mass is 10.1. The molecule has 0 aliphatic carbocycles. The summed E-state index contributed by atoms with van der Waals surface area (Å²) in [6, 6.07) is 16.3. The summed E-state index contributed by atoms with van der Waals surface area (Å²) in [4.78, 5) is 23.5. The molecule has 27 heavy (non-hydrogen) atoms. The monoisotopic (exact) mass is 359 g/mol. The second-order valence-electron chi connectivity index (χ2n) is 5.90. The molecule has 0 aliphatic rings. The van der Waals surface area contributed by atoms with E-state index >= 15 is 0 Å². The molecule has 2 aromatic heterocycles. The Labute approximate surface area is 154 Å². The van der Waals surface area contributed by atoms with Crippen LogP contribution in [0.4, 0.5) is 4.39 Å². The number of carboxylic acid groups (broad SMARTS) is 1. The third-order valence-corrected chi connectivity index (χ3v) is 4.20. The van der Waals surface area contributed by atoms with E-state index in [9.17, 15) is 14.3 Å². The van der Waals surface area contributed by atoms with Gasteiger partial charge in [0.25, 0.3) is 0 Å². The summed E-state index contributed by atoms with van der Waals surface area (Å²) >= 11 is 0. The first-order valence-corrected chi connectivity index (χ1v) is 8.22. The van der Waals surface area contributed by atoms with Crippen LogP contribution in [-0.2, 0) is 0 Å². The number of imidazole rings is 1. The molecule has 0 spiro atoms. The summed E-state index contributed by atoms with van der Waals surface area (Å²) in [5.41, 5.74) is 3.51. The number of carboxylic acids is 1. The Morgan fingerprint density at radius 1 is 0.926 bits per heavy atom. The smallest absolute Gasteiger partial charge is 0.336 e. The minimum atomic E-state index is -1.03. The molecule has 0 fully saturated rings. The number of hydrogen-bond acceptors (Lipinski definition) is 3. The predicted molar refractivity (Wildman–Crippen MR) is 99.6 cm³/mol. The lowest BCUT2D eigenvalue weighted by Crippen LogP contribution is -1.99. The Balaban J connectivity index is 1.94. The molecular weight excluding hydrogens is 345 g/mol. The molecule has 4 aromatic rings. The van der Waals surface area contributed by atoms with Crippen molar-refractivity contribution in [3.05, 3.63) is 84.4 Å². The number of H-pyrrole nitrogens is 1. The van der Waals surface area contributed by atoms with Crippen LogP contribution in [0.15, 0.2) is 73.1 Å². The van der Waals surface area contributed by atoms with Gasteiger partial charge in [0.15, 0.2) is 0 Å². The average molecular weight is 359 g/mol. The number of aromatic amines is 1. The molecule has 0 saturated carbocycles. The van der Waals surface area contributed by atoms with Crippen LogP contribution in [0, 0.1) is 5.82 Å². The fourth-order valence-electron chi connectivity index (χ4n) is 2.92. The summed E-state index contributed by atoms with van der Waals surface area (Å²) in [6.45, 7) is 0. The molecule has 4 rings (SSSR count). The van der Waals surface area contributed by atoms with E-state index in [0.29, 0.717) is 22.8 Å². The summed E-state index contributed by atoms with van der Waals surface area (Å²) in [6.07, 6.45) is 3.32. The van der Waals surface area contributed by atoms with Gasteiger partial charge in [-0.2, -0.15) is 0 Å². The number of hydrogen-bond donors (Lipinski definition) is 2. The summed E-state index contributed by atoms with van der Waals surface area (Å²) < 4.78 is 13.3. The molecule has 0 amide bonds. The van der Waals surface area contributed by atoms with Crippen LogP contribution in [0.1, 0.15) is 10.4 Å². The molecule has 0 saturated heterocycles. The van der Waals surface area contributed by atoms with Gasteiger partial charge in [-0.1, -0.05) is 18.2 Å². The van der Waals surface area contributed by atoms with Crippen molar-refractivity contribution in [3.8, 4) is 33.9 Å². The summed E-state index contributed by atoms with van der Waals surface area (Å²) in [7, 11) is 0. The van der Waals surface area contributed by atoms with Gasteiger partial charge in [-0.05, 0) is 42.5 Å². The van der Waals surface area contributed by atoms with E-state index in [-0.39, 0.29) is 11.4 Å². The van der Waals surface area contributed by atoms with Crippen molar-refractivity contribution >= 4 is 5.97 Å². The number of benzene rings is 2. The molecule has 5 nitrogen and oxygen atoms in total. The van der Waals surface area contributed by atoms with Crippen molar-refractivity contribution in [1.29, 1.82) is 0 Å². The number of carbonyl (C=O) groups is 1. The van der Waals surface area contributed by atoms with Gasteiger partial charge in [-0.25, -0.2) is 14.2 Å². The molecule has 0 atom stereocenters. The van der Waals surface area contributed by atoms with E-state index in [1.54, 1.807) is 42.7 Å². The van der Waals surface area contributed by atoms with E-state index in [2.05, 4.69) is 15.0 Å². The Morgan fingerprint density at radius 2 is 1.63 bits per heavy atom. The van der Waals surface area contributed by atoms with Crippen LogP contribution in [0.25, 0.3) is 33.9 Å². The van der Waals surface area contributed by atoms with E-state index in [0.717, 1.165) is 11.1 Å². The zero-order valence-corrected chi connectivity index (χ0v) is 14.1. The zero-order valence-electron chi connectivity index (χ0n) is 14.1. The van der Waals surface area contributed by atoms with E-state index < -0.39 is 5.97 Å². The van der Waals surface area contributed by atoms with E-state index in [4.69, 9.17) is 0 Å². The third kappa shape index (κ3) is 3.20. The van der Waals surface area contributed by atoms with Crippen LogP contribution >= 0.6 is 0 Å². The Kier molecular flexibility index (Phi) is 4.22. The first-order valence-electron chi connectivity index (χ1n) is 8.22. The maximum absolute atomic E-state index is 13.3. The van der Waals surface area contributed by atoms with Crippen molar-refractivity contribution in [2.75, 3.05) is 0 Å². The molecule has 2 heterocycles. The summed E-state index contributed by atoms with van der Waals surface area (Å²) in [5.74, 6) is -0.939. The van der Waals surface area contributed by atoms with Gasteiger partial charge in [0.05, 0.1) is 17.0 Å². The largest absolute Gasteiger partial charge is 0.478 e. The maximum Gasteiger partial charge on any atom is 0.336 e. The highest BCUT2D eigenvalue weighted by Gasteiger charge is 2.19. The zero-order chi connectivity index (χ0) is 18.8. The van der Waals surface area contributed by atoms with E-state index in [1.807, 2.05) is 12.1 Å². The van der Waals surface area contributed by atoms with Gasteiger partial charge in [0, 0.05) is 29.1 Å². The second kappa shape index (κ2) is 6.84. The van der Waals surface area contributed by atoms with E-state index in [1.165, 1.54) is 18.2 Å². The first kappa shape index (κ1) is 16.7. The van der Waals surface area contributed by atoms with Gasteiger partial charge in [0.2, 0.25) is 0 Å². The fraction of sp³-hybridized carbons (Fsp3) is 0. The highest BCUT2D eigenvalue weighted by molar-refractivity contribution is 5.95. The quantitative estimate of drug-likeness (QED) is 0.556. The van der Waals surface area contributed by atoms with Crippen molar-refractivity contribution in [1.82, 2.24) is 15.0 Å². The molecular formula is C21H14FN3O2. The van der Waals surface area contributed by atoms with Gasteiger partial charge in [-0.3, -0.25) is 4.98 Å². The lowest BCUT2D eigenvalue weighted by Gasteiger charge is -2.02. The average Bonchev–Trinajstić information content (AvgIpc) is 3.14. The standard InChI is InChI=1S/C21H14FN3O2/c22-15-7-5-13(6-8-15)18-19(14-9-11-23-12-10-14)25-20(24-18)16-3-1-2-4-17(16)21(26)27/h1-12H,(H,24,25)(H,26,27). The first-order chi connectivity index (χ1) is 13.1. The lowest BCUT2D eigenvalue weighted by molar-refractivity contribution is 0.0697. The molecule has 0 radical (unpaired) electrons. The molecule has 0 bridgehead atoms. The highest BCUT2D eigenvalue weighted by Crippen LogP contribution is 2.33. The van der Waals surface area contributed by atoms with Crippen LogP contribution in [-0.4, -0.2) is 26.0 Å². The van der Waals surface area contributed by atoms with Crippen LogP contribution in [0.3, 0.4) is 0 Å². The molecule has 2 aromatic carbocycles. The second-order valence-corrected chi connectivity index (χ2v) is 5.90. The minimum Gasteiger partial charge on any atom is -0.478 e. The minimum absolute atomic E-state index is 0.151. The van der Waals surface area contributed by atoms with Gasteiger partial charge < -0.3 is 10.1 Å². The Morgan fingerprint density at radius 3 is 2.33 bits per heavy atom. The fourth-order valence-corrected chi connectivity index (χ4v) is 2.92. The normalized spacial score (nSPS) is 10.7. The molecule has 0 unspecified atom stereocenters. The van der Waals surface area contributed by atoms with Gasteiger partial charge in [0.1, 0.15) is 11.6 Å². The number of aromatic nitrogens is 3. The Hall–Kier alpha value is -3.80. The number of rotatable bonds is 4. The van der Waals surface area contributed by atoms with Crippen molar-refractivity contribution in [2.45, 2.75) is 0 Å². The number of nitrogens with one attached hydrogen (secondary N) is 1. The van der Waals surface area contributed by atoms with Crippen molar-refractivity contribution in [2.24, 2.45) is 0 Å². The van der Waals surface area contributed by atoms with Crippen LogP contribution < -0.4 is 0 Å². The van der Waals surface area contributed by atoms with Gasteiger partial charge in [-0.15, -0.1) is 0 Å². The molecule has 132 valence electrons. The third-order valence-electron chi connectivity index (χ3n) is 4.20. The predicted octanol–water partition coefficient (Wildman–Crippen LogP) is 4.64. The topological polar surface area (TPSA) is 78.9 Å². The maximum atomic E-state index is 13.3. The van der Waals surface area contributed by atoms with Crippen LogP contribution in [0.5, 0.6) is 0 Å². The number of nitrogens with zero attached hydrogens (tertiary/aromatic N) is 2. The molecule has 0 aliphatic heterocycles. The van der Waals surface area contributed by atoms with Crippen LogP contribution in [0.2, 0.25) is 0 Å². The van der Waals surface area contributed by atoms with Crippen molar-refractivity contribution < 1.29 is 14.3 Å². The number of halogens is 1. The molecule has 2 N–H and O–H groups in total. The Bertz CT molecular complexity index is 1110. The number of aromatic carboxylic acids is 1.